The van der Waals surface area contributed by atoms with Gasteiger partial charge in [-0.15, -0.1) is 0 Å². The van der Waals surface area contributed by atoms with E-state index >= 15 is 0 Å². The fourth-order valence-electron chi connectivity index (χ4n) is 2.68. The number of alkyl halides is 1. The van der Waals surface area contributed by atoms with E-state index in [0.29, 0.717) is 12.6 Å². The fourth-order valence-corrected chi connectivity index (χ4v) is 2.84. The summed E-state index contributed by atoms with van der Waals surface area (Å²) in [5.41, 5.74) is 1.29. The molecule has 0 spiro atoms. The predicted octanol–water partition coefficient (Wildman–Crippen LogP) is 3.11. The molecular formula is C16H23BrN2O. The van der Waals surface area contributed by atoms with E-state index in [1.54, 1.807) is 0 Å². The molecule has 1 fully saturated rings. The maximum absolute atomic E-state index is 11.9. The van der Waals surface area contributed by atoms with Crippen LogP contribution in [0.4, 0.5) is 0 Å². The van der Waals surface area contributed by atoms with Crippen molar-refractivity contribution < 1.29 is 4.79 Å². The average molecular weight is 339 g/mol. The van der Waals surface area contributed by atoms with E-state index in [9.17, 15) is 4.79 Å². The summed E-state index contributed by atoms with van der Waals surface area (Å²) in [6.07, 6.45) is 3.33. The Morgan fingerprint density at radius 1 is 1.30 bits per heavy atom. The van der Waals surface area contributed by atoms with Crippen molar-refractivity contribution in [2.75, 3.05) is 19.6 Å². The molecule has 110 valence electrons. The molecule has 0 radical (unpaired) electrons. The van der Waals surface area contributed by atoms with Crippen molar-refractivity contribution in [2.45, 2.75) is 37.1 Å². The van der Waals surface area contributed by atoms with Gasteiger partial charge in [0.2, 0.25) is 5.91 Å². The highest BCUT2D eigenvalue weighted by atomic mass is 79.9. The van der Waals surface area contributed by atoms with Crippen molar-refractivity contribution in [3.05, 3.63) is 35.9 Å². The standard InChI is InChI=1S/C16H23BrN2O/c1-2-14(17)16(20)18-12-15(19-10-6-7-11-19)13-8-4-3-5-9-13/h3-5,8-9,14-15H,2,6-7,10-12H2,1H3,(H,18,20). The highest BCUT2D eigenvalue weighted by Gasteiger charge is 2.24. The number of carbonyl (C=O) groups is 1. The number of carbonyl (C=O) groups excluding carboxylic acids is 1. The lowest BCUT2D eigenvalue weighted by atomic mass is 10.1. The first-order valence-electron chi connectivity index (χ1n) is 7.43. The van der Waals surface area contributed by atoms with Gasteiger partial charge in [-0.3, -0.25) is 9.69 Å². The summed E-state index contributed by atoms with van der Waals surface area (Å²) in [7, 11) is 0. The van der Waals surface area contributed by atoms with Gasteiger partial charge >= 0.3 is 0 Å². The zero-order valence-electron chi connectivity index (χ0n) is 12.0. The quantitative estimate of drug-likeness (QED) is 0.808. The molecule has 1 aliphatic heterocycles. The molecule has 1 saturated heterocycles. The van der Waals surface area contributed by atoms with Gasteiger partial charge in [0.05, 0.1) is 10.9 Å². The lowest BCUT2D eigenvalue weighted by molar-refractivity contribution is -0.120. The molecule has 1 aliphatic rings. The first-order chi connectivity index (χ1) is 9.72. The summed E-state index contributed by atoms with van der Waals surface area (Å²) >= 11 is 3.41. The van der Waals surface area contributed by atoms with E-state index in [0.717, 1.165) is 19.5 Å². The Hall–Kier alpha value is -0.870. The number of halogens is 1. The Morgan fingerprint density at radius 3 is 2.55 bits per heavy atom. The molecule has 20 heavy (non-hydrogen) atoms. The van der Waals surface area contributed by atoms with Crippen LogP contribution >= 0.6 is 15.9 Å². The van der Waals surface area contributed by atoms with Gasteiger partial charge in [-0.25, -0.2) is 0 Å². The van der Waals surface area contributed by atoms with E-state index < -0.39 is 0 Å². The molecule has 0 aliphatic carbocycles. The first kappa shape index (κ1) is 15.5. The number of nitrogens with zero attached hydrogens (tertiary/aromatic N) is 1. The van der Waals surface area contributed by atoms with E-state index in [1.807, 2.05) is 13.0 Å². The Balaban J connectivity index is 2.02. The minimum Gasteiger partial charge on any atom is -0.353 e. The number of likely N-dealkylation sites (tertiary alicyclic amines) is 1. The van der Waals surface area contributed by atoms with Crippen LogP contribution in [-0.2, 0) is 4.79 Å². The minimum absolute atomic E-state index is 0.0856. The van der Waals surface area contributed by atoms with Crippen molar-refractivity contribution in [1.82, 2.24) is 10.2 Å². The van der Waals surface area contributed by atoms with Crippen LogP contribution in [0.5, 0.6) is 0 Å². The smallest absolute Gasteiger partial charge is 0.233 e. The highest BCUT2D eigenvalue weighted by molar-refractivity contribution is 9.10. The molecule has 4 heteroatoms. The van der Waals surface area contributed by atoms with Gasteiger partial charge in [0, 0.05) is 6.54 Å². The highest BCUT2D eigenvalue weighted by Crippen LogP contribution is 2.24. The number of rotatable bonds is 6. The summed E-state index contributed by atoms with van der Waals surface area (Å²) in [6, 6.07) is 10.8. The summed E-state index contributed by atoms with van der Waals surface area (Å²) in [5.74, 6) is 0.0904. The number of hydrogen-bond acceptors (Lipinski definition) is 2. The number of amides is 1. The Kier molecular flexibility index (Phi) is 6.05. The Bertz CT molecular complexity index is 418. The van der Waals surface area contributed by atoms with Crippen LogP contribution in [0.15, 0.2) is 30.3 Å². The molecule has 2 unspecified atom stereocenters. The molecule has 1 aromatic carbocycles. The predicted molar refractivity (Wildman–Crippen MR) is 86.0 cm³/mol. The molecule has 0 saturated carbocycles. The van der Waals surface area contributed by atoms with Crippen molar-refractivity contribution in [3.8, 4) is 0 Å². The van der Waals surface area contributed by atoms with Crippen molar-refractivity contribution >= 4 is 21.8 Å². The third-order valence-electron chi connectivity index (χ3n) is 3.88. The summed E-state index contributed by atoms with van der Waals surface area (Å²) in [4.78, 5) is 14.3. The van der Waals surface area contributed by atoms with Gasteiger partial charge in [-0.1, -0.05) is 53.2 Å². The van der Waals surface area contributed by atoms with Gasteiger partial charge in [-0.2, -0.15) is 0 Å². The van der Waals surface area contributed by atoms with E-state index in [-0.39, 0.29) is 10.7 Å². The Morgan fingerprint density at radius 2 is 1.95 bits per heavy atom. The number of benzene rings is 1. The van der Waals surface area contributed by atoms with Crippen LogP contribution in [0.1, 0.15) is 37.8 Å². The second kappa shape index (κ2) is 7.79. The zero-order chi connectivity index (χ0) is 14.4. The van der Waals surface area contributed by atoms with Crippen molar-refractivity contribution in [1.29, 1.82) is 0 Å². The van der Waals surface area contributed by atoms with Crippen LogP contribution in [-0.4, -0.2) is 35.3 Å². The van der Waals surface area contributed by atoms with Gasteiger partial charge in [0.15, 0.2) is 0 Å². The molecule has 1 heterocycles. The molecule has 1 amide bonds. The Labute approximate surface area is 129 Å². The molecule has 3 nitrogen and oxygen atoms in total. The third-order valence-corrected chi connectivity index (χ3v) is 4.94. The van der Waals surface area contributed by atoms with Crippen molar-refractivity contribution in [3.63, 3.8) is 0 Å². The number of nitrogens with one attached hydrogen (secondary N) is 1. The molecule has 1 N–H and O–H groups in total. The van der Waals surface area contributed by atoms with Gasteiger partial charge < -0.3 is 5.32 Å². The van der Waals surface area contributed by atoms with Gasteiger partial charge in [0.25, 0.3) is 0 Å². The van der Waals surface area contributed by atoms with Crippen molar-refractivity contribution in [2.24, 2.45) is 0 Å². The topological polar surface area (TPSA) is 32.3 Å². The maximum atomic E-state index is 11.9. The molecule has 1 aromatic rings. The first-order valence-corrected chi connectivity index (χ1v) is 8.34. The van der Waals surface area contributed by atoms with Crippen LogP contribution in [0, 0.1) is 0 Å². The summed E-state index contributed by atoms with van der Waals surface area (Å²) in [6.45, 7) is 4.95. The third kappa shape index (κ3) is 4.06. The second-order valence-corrected chi connectivity index (χ2v) is 6.40. The van der Waals surface area contributed by atoms with E-state index in [4.69, 9.17) is 0 Å². The van der Waals surface area contributed by atoms with Gasteiger partial charge in [0.1, 0.15) is 0 Å². The lowest BCUT2D eigenvalue weighted by Crippen LogP contribution is -2.39. The monoisotopic (exact) mass is 338 g/mol. The summed E-state index contributed by atoms with van der Waals surface area (Å²) < 4.78 is 0. The average Bonchev–Trinajstić information content (AvgIpc) is 3.01. The fraction of sp³-hybridized carbons (Fsp3) is 0.562. The largest absolute Gasteiger partial charge is 0.353 e. The lowest BCUT2D eigenvalue weighted by Gasteiger charge is -2.28. The van der Waals surface area contributed by atoms with Gasteiger partial charge in [-0.05, 0) is 37.9 Å². The molecule has 2 rings (SSSR count). The van der Waals surface area contributed by atoms with E-state index in [2.05, 4.69) is 50.4 Å². The van der Waals surface area contributed by atoms with Crippen LogP contribution in [0.2, 0.25) is 0 Å². The molecular weight excluding hydrogens is 316 g/mol. The second-order valence-electron chi connectivity index (χ2n) is 5.29. The zero-order valence-corrected chi connectivity index (χ0v) is 13.6. The van der Waals surface area contributed by atoms with Crippen LogP contribution in [0.25, 0.3) is 0 Å². The van der Waals surface area contributed by atoms with E-state index in [1.165, 1.54) is 18.4 Å². The maximum Gasteiger partial charge on any atom is 0.233 e. The molecule has 0 aromatic heterocycles. The molecule has 0 bridgehead atoms. The molecule has 2 atom stereocenters. The van der Waals surface area contributed by atoms with Crippen LogP contribution in [0.3, 0.4) is 0 Å². The summed E-state index contributed by atoms with van der Waals surface area (Å²) in [5, 5.41) is 3.08. The van der Waals surface area contributed by atoms with Crippen LogP contribution < -0.4 is 5.32 Å². The number of hydrogen-bond donors (Lipinski definition) is 1. The SMILES string of the molecule is CCC(Br)C(=O)NCC(c1ccccc1)N1CCCC1. The normalized spacial score (nSPS) is 18.7. The minimum atomic E-state index is -0.0856.